The van der Waals surface area contributed by atoms with E-state index in [4.69, 9.17) is 4.08 Å². The molecule has 0 atom stereocenters. The van der Waals surface area contributed by atoms with Gasteiger partial charge in [0.15, 0.2) is 0 Å². The molecule has 0 amide bonds. The fraction of sp³-hybridized carbons (Fsp3) is 0.176. The molecule has 0 N–H and O–H groups in total. The molecule has 0 unspecified atom stereocenters. The summed E-state index contributed by atoms with van der Waals surface area (Å²) in [5.74, 6) is 0. The molecule has 23 heavy (non-hydrogen) atoms. The first kappa shape index (κ1) is 16.6. The second kappa shape index (κ2) is 5.99. The van der Waals surface area contributed by atoms with Crippen LogP contribution in [0.3, 0.4) is 0 Å². The normalized spacial score (nSPS) is 21.3. The molecule has 0 spiro atoms. The van der Waals surface area contributed by atoms with E-state index in [2.05, 4.69) is 0 Å². The molecule has 0 saturated carbocycles. The Morgan fingerprint density at radius 2 is 1.30 bits per heavy atom. The molecule has 0 fully saturated rings. The van der Waals surface area contributed by atoms with Gasteiger partial charge in [-0.3, -0.25) is 0 Å². The van der Waals surface area contributed by atoms with E-state index in [9.17, 15) is 14.0 Å². The standard InChI is InChI=1S/C17H18ClO4P/c19-18(20,21)22-23(14-8-3-9-15-23,16-10-4-1-5-11-16)17-12-6-2-7-13-17/h1-8,10-13H,9,14-15H2. The predicted molar refractivity (Wildman–Crippen MR) is 83.6 cm³/mol. The molecule has 122 valence electrons. The van der Waals surface area contributed by atoms with E-state index < -0.39 is 17.1 Å². The molecule has 1 aliphatic heterocycles. The van der Waals surface area contributed by atoms with Gasteiger partial charge in [-0.15, -0.1) is 0 Å². The van der Waals surface area contributed by atoms with Crippen molar-refractivity contribution in [3.8, 4) is 0 Å². The van der Waals surface area contributed by atoms with Crippen LogP contribution in [-0.4, -0.2) is 12.3 Å². The molecular weight excluding hydrogens is 335 g/mol. The Labute approximate surface area is 137 Å². The number of allylic oxidation sites excluding steroid dienone is 2. The van der Waals surface area contributed by atoms with Crippen LogP contribution in [0, 0.1) is 10.2 Å². The minimum absolute atomic E-state index is 0.411. The van der Waals surface area contributed by atoms with Crippen molar-refractivity contribution >= 4 is 17.4 Å². The summed E-state index contributed by atoms with van der Waals surface area (Å²) in [5.41, 5.74) is 0. The van der Waals surface area contributed by atoms with Gasteiger partial charge in [-0.1, -0.05) is 0 Å². The summed E-state index contributed by atoms with van der Waals surface area (Å²) in [6, 6.07) is 18.6. The van der Waals surface area contributed by atoms with Gasteiger partial charge in [0.2, 0.25) is 0 Å². The summed E-state index contributed by atoms with van der Waals surface area (Å²) in [4.78, 5) is 0. The molecule has 1 heterocycles. The predicted octanol–water partition coefficient (Wildman–Crippen LogP) is -0.0205. The van der Waals surface area contributed by atoms with Crippen molar-refractivity contribution in [2.45, 2.75) is 6.42 Å². The van der Waals surface area contributed by atoms with E-state index in [-0.39, 0.29) is 0 Å². The van der Waals surface area contributed by atoms with Crippen LogP contribution in [-0.2, 0) is 4.08 Å². The molecular formula is C17H18ClO4P. The van der Waals surface area contributed by atoms with Crippen LogP contribution in [0.4, 0.5) is 0 Å². The van der Waals surface area contributed by atoms with Crippen molar-refractivity contribution in [3.05, 3.63) is 72.8 Å². The van der Waals surface area contributed by atoms with Gasteiger partial charge in [-0.05, 0) is 0 Å². The molecule has 2 aromatic carbocycles. The van der Waals surface area contributed by atoms with Crippen molar-refractivity contribution in [2.24, 2.45) is 0 Å². The van der Waals surface area contributed by atoms with E-state index in [1.165, 1.54) is 0 Å². The molecule has 0 radical (unpaired) electrons. The van der Waals surface area contributed by atoms with Crippen molar-refractivity contribution in [1.29, 1.82) is 0 Å². The Morgan fingerprint density at radius 1 is 0.783 bits per heavy atom. The average Bonchev–Trinajstić information content (AvgIpc) is 2.56. The van der Waals surface area contributed by atoms with Gasteiger partial charge in [0, 0.05) is 0 Å². The number of halogens is 1. The molecule has 3 rings (SSSR count). The SMILES string of the molecule is [O-][Cl+3]([O-])([O-])OP1(c2ccccc2)(c2ccccc2)CC=CCC1. The Bertz CT molecular complexity index is 658. The van der Waals surface area contributed by atoms with Gasteiger partial charge in [-0.2, -0.15) is 0 Å². The molecule has 2 aromatic rings. The van der Waals surface area contributed by atoms with E-state index in [0.717, 1.165) is 10.6 Å². The Balaban J connectivity index is 2.33. The van der Waals surface area contributed by atoms with Crippen LogP contribution in [0.5, 0.6) is 0 Å². The van der Waals surface area contributed by atoms with Gasteiger partial charge in [0.1, 0.15) is 0 Å². The Hall–Kier alpha value is -1.26. The summed E-state index contributed by atoms with van der Waals surface area (Å²) < 4.78 is 40.5. The maximum absolute atomic E-state index is 11.7. The van der Waals surface area contributed by atoms with Crippen molar-refractivity contribution in [2.75, 3.05) is 12.3 Å². The van der Waals surface area contributed by atoms with E-state index in [1.807, 2.05) is 72.8 Å². The Kier molecular flexibility index (Phi) is 4.32. The van der Waals surface area contributed by atoms with Gasteiger partial charge >= 0.3 is 137 Å². The fourth-order valence-corrected chi connectivity index (χ4v) is 10.6. The van der Waals surface area contributed by atoms with Crippen LogP contribution >= 0.6 is 6.83 Å². The zero-order chi connectivity index (χ0) is 16.4. The summed E-state index contributed by atoms with van der Waals surface area (Å²) in [6.07, 6.45) is 5.53. The minimum atomic E-state index is -4.55. The fourth-order valence-electron chi connectivity index (χ4n) is 3.37. The van der Waals surface area contributed by atoms with Gasteiger partial charge in [0.25, 0.3) is 0 Å². The topological polar surface area (TPSA) is 78.4 Å². The third-order valence-corrected chi connectivity index (χ3v) is 11.6. The molecule has 0 bridgehead atoms. The first-order chi connectivity index (χ1) is 11.0. The zero-order valence-corrected chi connectivity index (χ0v) is 14.2. The van der Waals surface area contributed by atoms with Crippen molar-refractivity contribution < 1.29 is 28.3 Å². The Morgan fingerprint density at radius 3 is 1.70 bits per heavy atom. The third kappa shape index (κ3) is 2.94. The second-order valence-electron chi connectivity index (χ2n) is 5.69. The molecule has 0 aliphatic carbocycles. The van der Waals surface area contributed by atoms with Crippen LogP contribution in [0.2, 0.25) is 0 Å². The maximum atomic E-state index is 11.7. The van der Waals surface area contributed by atoms with Crippen LogP contribution in [0.15, 0.2) is 72.8 Å². The average molecular weight is 353 g/mol. The van der Waals surface area contributed by atoms with Crippen molar-refractivity contribution in [3.63, 3.8) is 0 Å². The molecule has 4 nitrogen and oxygen atoms in total. The number of hydrogen-bond donors (Lipinski definition) is 0. The quantitative estimate of drug-likeness (QED) is 0.572. The second-order valence-corrected chi connectivity index (χ2v) is 11.7. The summed E-state index contributed by atoms with van der Waals surface area (Å²) in [6.45, 7) is -3.62. The third-order valence-electron chi connectivity index (χ3n) is 4.39. The van der Waals surface area contributed by atoms with Crippen molar-refractivity contribution in [1.82, 2.24) is 0 Å². The summed E-state index contributed by atoms with van der Waals surface area (Å²) in [5, 5.41) is 1.59. The number of benzene rings is 2. The van der Waals surface area contributed by atoms with E-state index >= 15 is 0 Å². The van der Waals surface area contributed by atoms with Gasteiger partial charge in [0.05, 0.1) is 0 Å². The number of rotatable bonds is 4. The summed E-state index contributed by atoms with van der Waals surface area (Å²) >= 11 is 0. The molecule has 6 heteroatoms. The van der Waals surface area contributed by atoms with Crippen LogP contribution in [0.1, 0.15) is 6.42 Å². The first-order valence-corrected chi connectivity index (χ1v) is 11.1. The van der Waals surface area contributed by atoms with E-state index in [1.54, 1.807) is 0 Å². The molecule has 0 aromatic heterocycles. The van der Waals surface area contributed by atoms with Crippen LogP contribution in [0.25, 0.3) is 0 Å². The van der Waals surface area contributed by atoms with E-state index in [0.29, 0.717) is 18.7 Å². The van der Waals surface area contributed by atoms with Gasteiger partial charge in [-0.25, -0.2) is 0 Å². The number of hydrogen-bond acceptors (Lipinski definition) is 4. The zero-order valence-electron chi connectivity index (χ0n) is 12.5. The monoisotopic (exact) mass is 352 g/mol. The molecule has 1 aliphatic rings. The first-order valence-electron chi connectivity index (χ1n) is 7.35. The summed E-state index contributed by atoms with van der Waals surface area (Å²) in [7, 11) is -4.55. The molecule has 0 saturated heterocycles. The van der Waals surface area contributed by atoms with Gasteiger partial charge < -0.3 is 0 Å². The van der Waals surface area contributed by atoms with Crippen LogP contribution < -0.4 is 24.6 Å².